The maximum Gasteiger partial charge on any atom is 0.402 e. The third kappa shape index (κ3) is 8.82. The minimum atomic E-state index is -4.60. The number of rotatable bonds is 9. The number of carbonyl (C=O) groups is 1. The molecule has 0 aliphatic carbocycles. The Morgan fingerprint density at radius 1 is 1.26 bits per heavy atom. The number of aliphatic carboxylic acids is 1. The summed E-state index contributed by atoms with van der Waals surface area (Å²) < 4.78 is 60.8. The quantitative estimate of drug-likeness (QED) is 0.705. The van der Waals surface area contributed by atoms with Gasteiger partial charge in [0.25, 0.3) is 0 Å². The molecule has 0 bridgehead atoms. The highest BCUT2D eigenvalue weighted by molar-refractivity contribution is 7.89. The van der Waals surface area contributed by atoms with E-state index >= 15 is 0 Å². The first-order chi connectivity index (χ1) is 8.58. The van der Waals surface area contributed by atoms with E-state index in [9.17, 15) is 26.4 Å². The SMILES string of the molecule is CCCCN(CC(F)(F)F)S(=O)(=O)CCCC(=O)O. The fourth-order valence-corrected chi connectivity index (χ4v) is 2.90. The number of carboxylic acids is 1. The summed E-state index contributed by atoms with van der Waals surface area (Å²) in [7, 11) is -4.07. The summed E-state index contributed by atoms with van der Waals surface area (Å²) in [5, 5.41) is 8.39. The molecule has 0 aromatic carbocycles. The van der Waals surface area contributed by atoms with Crippen LogP contribution in [0, 0.1) is 0 Å². The van der Waals surface area contributed by atoms with Gasteiger partial charge in [0.2, 0.25) is 10.0 Å². The van der Waals surface area contributed by atoms with E-state index in [-0.39, 0.29) is 19.4 Å². The molecule has 0 unspecified atom stereocenters. The van der Waals surface area contributed by atoms with Crippen LogP contribution in [0.15, 0.2) is 0 Å². The van der Waals surface area contributed by atoms with Crippen LogP contribution in [0.25, 0.3) is 0 Å². The van der Waals surface area contributed by atoms with Gasteiger partial charge in [0, 0.05) is 13.0 Å². The number of nitrogens with zero attached hydrogens (tertiary/aromatic N) is 1. The normalized spacial score (nSPS) is 12.9. The van der Waals surface area contributed by atoms with Crippen LogP contribution >= 0.6 is 0 Å². The average molecular weight is 305 g/mol. The molecule has 0 aliphatic heterocycles. The molecular formula is C10H18F3NO4S. The molecule has 0 atom stereocenters. The van der Waals surface area contributed by atoms with Crippen molar-refractivity contribution in [3.05, 3.63) is 0 Å². The third-order valence-corrected chi connectivity index (χ3v) is 4.21. The number of sulfonamides is 1. The monoisotopic (exact) mass is 305 g/mol. The molecule has 0 spiro atoms. The maximum absolute atomic E-state index is 12.3. The largest absolute Gasteiger partial charge is 0.481 e. The van der Waals surface area contributed by atoms with Crippen LogP contribution in [0.1, 0.15) is 32.6 Å². The van der Waals surface area contributed by atoms with Crippen molar-refractivity contribution in [2.75, 3.05) is 18.8 Å². The van der Waals surface area contributed by atoms with Gasteiger partial charge in [0.15, 0.2) is 0 Å². The number of alkyl halides is 3. The Labute approximate surface area is 110 Å². The number of carboxylic acid groups (broad SMARTS) is 1. The van der Waals surface area contributed by atoms with Gasteiger partial charge in [-0.25, -0.2) is 8.42 Å². The predicted octanol–water partition coefficient (Wildman–Crippen LogP) is 1.85. The zero-order chi connectivity index (χ0) is 15.1. The van der Waals surface area contributed by atoms with Crippen LogP contribution in [0.5, 0.6) is 0 Å². The maximum atomic E-state index is 12.3. The standard InChI is InChI=1S/C10H18F3NO4S/c1-2-3-6-14(8-10(11,12)13)19(17,18)7-4-5-9(15)16/h2-8H2,1H3,(H,15,16). The van der Waals surface area contributed by atoms with Gasteiger partial charge in [-0.15, -0.1) is 0 Å². The minimum absolute atomic E-state index is 0.196. The molecule has 0 aromatic heterocycles. The highest BCUT2D eigenvalue weighted by Gasteiger charge is 2.35. The molecule has 0 heterocycles. The van der Waals surface area contributed by atoms with Gasteiger partial charge >= 0.3 is 12.1 Å². The fourth-order valence-electron chi connectivity index (χ4n) is 1.39. The van der Waals surface area contributed by atoms with E-state index in [0.717, 1.165) is 0 Å². The van der Waals surface area contributed by atoms with E-state index in [1.54, 1.807) is 6.92 Å². The molecule has 0 aliphatic rings. The Morgan fingerprint density at radius 3 is 2.26 bits per heavy atom. The topological polar surface area (TPSA) is 74.7 Å². The van der Waals surface area contributed by atoms with Crippen molar-refractivity contribution in [2.24, 2.45) is 0 Å². The van der Waals surface area contributed by atoms with Crippen molar-refractivity contribution in [1.82, 2.24) is 4.31 Å². The number of hydrogen-bond donors (Lipinski definition) is 1. The molecule has 0 aromatic rings. The van der Waals surface area contributed by atoms with Gasteiger partial charge in [0.1, 0.15) is 6.54 Å². The second kappa shape index (κ2) is 7.68. The van der Waals surface area contributed by atoms with Crippen molar-refractivity contribution in [1.29, 1.82) is 0 Å². The Kier molecular flexibility index (Phi) is 7.35. The lowest BCUT2D eigenvalue weighted by Crippen LogP contribution is -2.40. The van der Waals surface area contributed by atoms with Crippen LogP contribution in [0.2, 0.25) is 0 Å². The molecular weight excluding hydrogens is 287 g/mol. The Bertz CT molecular complexity index is 381. The lowest BCUT2D eigenvalue weighted by atomic mass is 10.3. The van der Waals surface area contributed by atoms with Gasteiger partial charge in [0.05, 0.1) is 5.75 Å². The summed E-state index contributed by atoms with van der Waals surface area (Å²) in [6.07, 6.45) is -4.29. The van der Waals surface area contributed by atoms with E-state index in [0.29, 0.717) is 17.1 Å². The van der Waals surface area contributed by atoms with Crippen LogP contribution in [-0.2, 0) is 14.8 Å². The lowest BCUT2D eigenvalue weighted by molar-refractivity contribution is -0.137. The smallest absolute Gasteiger partial charge is 0.402 e. The first-order valence-corrected chi connectivity index (χ1v) is 7.46. The van der Waals surface area contributed by atoms with Crippen molar-refractivity contribution in [3.8, 4) is 0 Å². The second-order valence-electron chi connectivity index (χ2n) is 4.12. The zero-order valence-corrected chi connectivity index (χ0v) is 11.4. The fraction of sp³-hybridized carbons (Fsp3) is 0.900. The average Bonchev–Trinajstić information content (AvgIpc) is 2.21. The van der Waals surface area contributed by atoms with E-state index in [4.69, 9.17) is 5.11 Å². The van der Waals surface area contributed by atoms with E-state index in [1.165, 1.54) is 0 Å². The lowest BCUT2D eigenvalue weighted by Gasteiger charge is -2.23. The van der Waals surface area contributed by atoms with Gasteiger partial charge < -0.3 is 5.11 Å². The van der Waals surface area contributed by atoms with E-state index in [2.05, 4.69) is 0 Å². The third-order valence-electron chi connectivity index (χ3n) is 2.30. The Hall–Kier alpha value is -0.830. The van der Waals surface area contributed by atoms with Gasteiger partial charge in [-0.2, -0.15) is 17.5 Å². The van der Waals surface area contributed by atoms with Crippen molar-refractivity contribution in [3.63, 3.8) is 0 Å². The molecule has 1 N–H and O–H groups in total. The summed E-state index contributed by atoms with van der Waals surface area (Å²) in [5.41, 5.74) is 0. The first kappa shape index (κ1) is 18.2. The zero-order valence-electron chi connectivity index (χ0n) is 10.6. The number of halogens is 3. The molecule has 114 valence electrons. The minimum Gasteiger partial charge on any atom is -0.481 e. The Balaban J connectivity index is 4.66. The van der Waals surface area contributed by atoms with E-state index in [1.807, 2.05) is 0 Å². The first-order valence-electron chi connectivity index (χ1n) is 5.85. The Morgan fingerprint density at radius 2 is 1.84 bits per heavy atom. The van der Waals surface area contributed by atoms with Crippen molar-refractivity contribution >= 4 is 16.0 Å². The van der Waals surface area contributed by atoms with Crippen LogP contribution < -0.4 is 0 Å². The molecule has 0 fully saturated rings. The molecule has 19 heavy (non-hydrogen) atoms. The molecule has 0 amide bonds. The van der Waals surface area contributed by atoms with Crippen LogP contribution in [-0.4, -0.2) is 48.8 Å². The summed E-state index contributed by atoms with van der Waals surface area (Å²) >= 11 is 0. The highest BCUT2D eigenvalue weighted by atomic mass is 32.2. The predicted molar refractivity (Wildman–Crippen MR) is 63.2 cm³/mol. The van der Waals surface area contributed by atoms with Crippen molar-refractivity contribution in [2.45, 2.75) is 38.8 Å². The van der Waals surface area contributed by atoms with Crippen molar-refractivity contribution < 1.29 is 31.5 Å². The van der Waals surface area contributed by atoms with Crippen LogP contribution in [0.4, 0.5) is 13.2 Å². The molecule has 0 saturated heterocycles. The number of unbranched alkanes of at least 4 members (excludes halogenated alkanes) is 1. The van der Waals surface area contributed by atoms with Crippen LogP contribution in [0.3, 0.4) is 0 Å². The summed E-state index contributed by atoms with van der Waals surface area (Å²) in [5.74, 6) is -1.76. The summed E-state index contributed by atoms with van der Waals surface area (Å²) in [6.45, 7) is 0.0106. The second-order valence-corrected chi connectivity index (χ2v) is 6.20. The molecule has 0 radical (unpaired) electrons. The molecule has 0 saturated carbocycles. The molecule has 0 rings (SSSR count). The molecule has 5 nitrogen and oxygen atoms in total. The number of hydrogen-bond acceptors (Lipinski definition) is 3. The highest BCUT2D eigenvalue weighted by Crippen LogP contribution is 2.19. The summed E-state index contributed by atoms with van der Waals surface area (Å²) in [4.78, 5) is 10.3. The molecule has 9 heteroatoms. The van der Waals surface area contributed by atoms with Gasteiger partial charge in [-0.1, -0.05) is 13.3 Å². The summed E-state index contributed by atoms with van der Waals surface area (Å²) in [6, 6.07) is 0. The van der Waals surface area contributed by atoms with E-state index < -0.39 is 34.5 Å². The van der Waals surface area contributed by atoms with Gasteiger partial charge in [-0.3, -0.25) is 4.79 Å². The van der Waals surface area contributed by atoms with Gasteiger partial charge in [-0.05, 0) is 12.8 Å².